The number of hydrogen-bond donors (Lipinski definition) is 0. The number of nitrogens with zero attached hydrogens (tertiary/aromatic N) is 1. The van der Waals surface area contributed by atoms with Gasteiger partial charge in [-0.25, -0.2) is 12.6 Å². The Balaban J connectivity index is 5.11. The molecule has 0 aliphatic carbocycles. The summed E-state index contributed by atoms with van der Waals surface area (Å²) in [5.74, 6) is -5.42. The first-order valence-corrected chi connectivity index (χ1v) is 11.1. The van der Waals surface area contributed by atoms with Crippen molar-refractivity contribution >= 4 is 20.0 Å². The summed E-state index contributed by atoms with van der Waals surface area (Å²) in [5, 5.41) is 0. The molecule has 0 saturated carbocycles. The number of ether oxygens (including phenoxy) is 3. The third-order valence-electron chi connectivity index (χ3n) is 3.27. The van der Waals surface area contributed by atoms with Crippen molar-refractivity contribution in [1.82, 2.24) is 0 Å². The fourth-order valence-electron chi connectivity index (χ4n) is 1.90. The summed E-state index contributed by atoms with van der Waals surface area (Å²) in [6.07, 6.45) is 2.02. The molecule has 0 rings (SSSR count). The zero-order chi connectivity index (χ0) is 20.9. The van der Waals surface area contributed by atoms with E-state index in [0.29, 0.717) is 13.0 Å². The van der Waals surface area contributed by atoms with E-state index in [4.69, 9.17) is 14.2 Å². The molecule has 13 heteroatoms. The van der Waals surface area contributed by atoms with Crippen molar-refractivity contribution in [2.75, 3.05) is 39.3 Å². The zero-order valence-corrected chi connectivity index (χ0v) is 16.9. The largest absolute Gasteiger partial charge is 0.385 e. The number of halogens is 3. The lowest BCUT2D eigenvalue weighted by Crippen LogP contribution is -2.27. The lowest BCUT2D eigenvalue weighted by atomic mass is 10.1. The number of alkyl halides is 2. The normalized spacial score (nSPS) is 16.7. The van der Waals surface area contributed by atoms with Gasteiger partial charge in [-0.2, -0.15) is 8.78 Å². The highest BCUT2D eigenvalue weighted by molar-refractivity contribution is 8.01. The van der Waals surface area contributed by atoms with E-state index in [1.807, 2.05) is 6.92 Å². The van der Waals surface area contributed by atoms with Crippen LogP contribution >= 0.6 is 0 Å². The van der Waals surface area contributed by atoms with Gasteiger partial charge in [0.05, 0.1) is 31.7 Å². The van der Waals surface area contributed by atoms with Crippen molar-refractivity contribution in [3.8, 4) is 0 Å². The molecule has 162 valence electrons. The second kappa shape index (κ2) is 13.4. The van der Waals surface area contributed by atoms with Crippen LogP contribution in [-0.2, 0) is 38.6 Å². The molecule has 0 amide bonds. The standard InChI is InChI=1S/C14H26F3NO7S2/c1-4-7-23-10-13(5-2)24-9-12(6-8-22-3)11-26(19,20)18-27(21,25-17)14(15)16/h4,12-14H,1,5-11H2,2-3H3. The molecule has 27 heavy (non-hydrogen) atoms. The monoisotopic (exact) mass is 441 g/mol. The Labute approximate surface area is 158 Å². The molecule has 0 aliphatic heterocycles. The Kier molecular flexibility index (Phi) is 13.1. The van der Waals surface area contributed by atoms with Crippen LogP contribution < -0.4 is 0 Å². The predicted octanol–water partition coefficient (Wildman–Crippen LogP) is 2.47. The quantitative estimate of drug-likeness (QED) is 0.268. The van der Waals surface area contributed by atoms with E-state index in [1.165, 1.54) is 7.11 Å². The van der Waals surface area contributed by atoms with Gasteiger partial charge in [-0.15, -0.1) is 6.58 Å². The molecule has 0 aliphatic rings. The molecular weight excluding hydrogens is 415 g/mol. The van der Waals surface area contributed by atoms with Gasteiger partial charge in [-0.1, -0.05) is 21.2 Å². The summed E-state index contributed by atoms with van der Waals surface area (Å²) in [7, 11) is -8.56. The summed E-state index contributed by atoms with van der Waals surface area (Å²) in [6, 6.07) is 0. The molecule has 0 heterocycles. The molecule has 3 atom stereocenters. The molecule has 0 aromatic carbocycles. The van der Waals surface area contributed by atoms with E-state index in [2.05, 4.69) is 14.7 Å². The zero-order valence-electron chi connectivity index (χ0n) is 15.2. The summed E-state index contributed by atoms with van der Waals surface area (Å²) in [6.45, 7) is 6.03. The molecule has 0 spiro atoms. The van der Waals surface area contributed by atoms with E-state index in [9.17, 15) is 25.9 Å². The van der Waals surface area contributed by atoms with Crippen molar-refractivity contribution < 1.29 is 44.5 Å². The second-order valence-corrected chi connectivity index (χ2v) is 9.10. The van der Waals surface area contributed by atoms with Gasteiger partial charge in [0.25, 0.3) is 20.0 Å². The van der Waals surface area contributed by atoms with Gasteiger partial charge >= 0.3 is 5.76 Å². The molecule has 3 unspecified atom stereocenters. The fourth-order valence-corrected chi connectivity index (χ4v) is 4.67. The van der Waals surface area contributed by atoms with Gasteiger partial charge in [0.2, 0.25) is 0 Å². The van der Waals surface area contributed by atoms with Crippen molar-refractivity contribution in [3.63, 3.8) is 0 Å². The average molecular weight is 441 g/mol. The van der Waals surface area contributed by atoms with Crippen LogP contribution in [0.2, 0.25) is 0 Å². The van der Waals surface area contributed by atoms with Crippen LogP contribution in [0.4, 0.5) is 13.3 Å². The van der Waals surface area contributed by atoms with E-state index < -0.39 is 37.5 Å². The lowest BCUT2D eigenvalue weighted by molar-refractivity contribution is -0.0258. The fraction of sp³-hybridized carbons (Fsp3) is 0.857. The minimum atomic E-state index is -5.28. The lowest BCUT2D eigenvalue weighted by Gasteiger charge is -2.21. The number of hydrogen-bond acceptors (Lipinski definition) is 7. The van der Waals surface area contributed by atoms with Gasteiger partial charge in [0.15, 0.2) is 0 Å². The molecule has 0 fully saturated rings. The number of methoxy groups -OCH3 is 1. The van der Waals surface area contributed by atoms with E-state index in [1.54, 1.807) is 6.08 Å². The summed E-state index contributed by atoms with van der Waals surface area (Å²) < 4.78 is 93.3. The van der Waals surface area contributed by atoms with E-state index >= 15 is 0 Å². The van der Waals surface area contributed by atoms with Gasteiger partial charge in [-0.05, 0) is 17.4 Å². The van der Waals surface area contributed by atoms with Gasteiger partial charge in [0, 0.05) is 19.6 Å². The van der Waals surface area contributed by atoms with Crippen LogP contribution in [-0.4, -0.2) is 63.8 Å². The number of rotatable bonds is 16. The van der Waals surface area contributed by atoms with E-state index in [-0.39, 0.29) is 32.3 Å². The molecular formula is C14H26F3NO7S2. The first kappa shape index (κ1) is 26.3. The van der Waals surface area contributed by atoms with Crippen LogP contribution in [0.1, 0.15) is 19.8 Å². The molecule has 0 N–H and O–H groups in total. The molecule has 0 aromatic rings. The smallest absolute Gasteiger partial charge is 0.346 e. The highest BCUT2D eigenvalue weighted by atomic mass is 32.3. The Morgan fingerprint density at radius 2 is 1.89 bits per heavy atom. The Morgan fingerprint density at radius 1 is 1.22 bits per heavy atom. The average Bonchev–Trinajstić information content (AvgIpc) is 2.61. The van der Waals surface area contributed by atoms with Gasteiger partial charge in [-0.3, -0.25) is 0 Å². The van der Waals surface area contributed by atoms with Crippen molar-refractivity contribution in [1.29, 1.82) is 0 Å². The first-order valence-electron chi connectivity index (χ1n) is 8.01. The SMILES string of the molecule is C=CCOCC(CC)OCC(CCOC)CS(=O)(=O)N=S(=O)(OF)C(F)F. The van der Waals surface area contributed by atoms with Crippen molar-refractivity contribution in [2.24, 2.45) is 9.69 Å². The summed E-state index contributed by atoms with van der Waals surface area (Å²) in [5.41, 5.74) is 0. The van der Waals surface area contributed by atoms with E-state index in [0.717, 1.165) is 0 Å². The maximum absolute atomic E-state index is 12.5. The molecule has 0 aromatic heterocycles. The van der Waals surface area contributed by atoms with Crippen LogP contribution in [0.25, 0.3) is 0 Å². The van der Waals surface area contributed by atoms with Gasteiger partial charge in [0.1, 0.15) is 0 Å². The third kappa shape index (κ3) is 11.0. The Hall–Kier alpha value is -0.730. The Morgan fingerprint density at radius 3 is 2.37 bits per heavy atom. The third-order valence-corrected chi connectivity index (χ3v) is 6.53. The molecule has 0 radical (unpaired) electrons. The van der Waals surface area contributed by atoms with Crippen LogP contribution in [0.15, 0.2) is 16.4 Å². The van der Waals surface area contributed by atoms with Crippen molar-refractivity contribution in [3.05, 3.63) is 12.7 Å². The van der Waals surface area contributed by atoms with Gasteiger partial charge < -0.3 is 14.2 Å². The first-order chi connectivity index (χ1) is 12.6. The summed E-state index contributed by atoms with van der Waals surface area (Å²) >= 11 is 0. The number of sulfonamides is 1. The van der Waals surface area contributed by atoms with Crippen LogP contribution in [0.5, 0.6) is 0 Å². The second-order valence-electron chi connectivity index (χ2n) is 5.50. The van der Waals surface area contributed by atoms with Crippen molar-refractivity contribution in [2.45, 2.75) is 31.6 Å². The Bertz CT molecular complexity index is 637. The highest BCUT2D eigenvalue weighted by Gasteiger charge is 2.30. The predicted molar refractivity (Wildman–Crippen MR) is 93.6 cm³/mol. The van der Waals surface area contributed by atoms with Crippen LogP contribution in [0, 0.1) is 5.92 Å². The summed E-state index contributed by atoms with van der Waals surface area (Å²) in [4.78, 5) is 0. The molecule has 8 nitrogen and oxygen atoms in total. The molecule has 0 saturated heterocycles. The topological polar surface area (TPSA) is 100 Å². The molecule has 0 bridgehead atoms. The minimum absolute atomic E-state index is 0.0690. The highest BCUT2D eigenvalue weighted by Crippen LogP contribution is 2.18. The minimum Gasteiger partial charge on any atom is -0.385 e. The maximum Gasteiger partial charge on any atom is 0.346 e. The van der Waals surface area contributed by atoms with Crippen LogP contribution in [0.3, 0.4) is 0 Å². The maximum atomic E-state index is 12.5.